The zero-order chi connectivity index (χ0) is 13.7. The molecule has 19 heavy (non-hydrogen) atoms. The third kappa shape index (κ3) is 3.91. The fraction of sp³-hybridized carbons (Fsp3) is 0.500. The van der Waals surface area contributed by atoms with Crippen molar-refractivity contribution in [2.45, 2.75) is 18.9 Å². The highest BCUT2D eigenvalue weighted by molar-refractivity contribution is 5.48. The number of nitrogens with zero attached hydrogens (tertiary/aromatic N) is 2. The van der Waals surface area contributed by atoms with Gasteiger partial charge in [0, 0.05) is 13.1 Å². The van der Waals surface area contributed by atoms with Crippen molar-refractivity contribution in [1.82, 2.24) is 4.90 Å². The molecule has 0 saturated carbocycles. The first-order valence-electron chi connectivity index (χ1n) is 6.53. The Hall–Kier alpha value is -1.64. The molecule has 1 aliphatic rings. The van der Waals surface area contributed by atoms with Crippen molar-refractivity contribution in [1.29, 1.82) is 5.26 Å². The highest BCUT2D eigenvalue weighted by Crippen LogP contribution is 2.15. The van der Waals surface area contributed by atoms with Gasteiger partial charge < -0.3 is 15.3 Å². The smallest absolute Gasteiger partial charge is 0.147 e. The zero-order valence-electron chi connectivity index (χ0n) is 10.8. The monoisotopic (exact) mass is 263 g/mol. The van der Waals surface area contributed by atoms with Gasteiger partial charge in [0.05, 0.1) is 23.4 Å². The molecule has 2 N–H and O–H groups in total. The minimum absolute atomic E-state index is 0.292. The molecule has 0 aromatic heterocycles. The molecule has 1 aliphatic heterocycles. The van der Waals surface area contributed by atoms with Crippen molar-refractivity contribution in [3.05, 3.63) is 29.6 Å². The van der Waals surface area contributed by atoms with Crippen molar-refractivity contribution >= 4 is 5.69 Å². The van der Waals surface area contributed by atoms with E-state index in [9.17, 15) is 9.50 Å². The average molecular weight is 263 g/mol. The van der Waals surface area contributed by atoms with E-state index in [2.05, 4.69) is 10.2 Å². The largest absolute Gasteiger partial charge is 0.390 e. The van der Waals surface area contributed by atoms with Crippen molar-refractivity contribution < 1.29 is 9.50 Å². The Labute approximate surface area is 112 Å². The van der Waals surface area contributed by atoms with Crippen LogP contribution in [-0.4, -0.2) is 42.3 Å². The van der Waals surface area contributed by atoms with Crippen LogP contribution >= 0.6 is 0 Å². The number of likely N-dealkylation sites (tertiary alicyclic amines) is 1. The predicted octanol–water partition coefficient (Wildman–Crippen LogP) is 1.57. The van der Waals surface area contributed by atoms with E-state index in [0.717, 1.165) is 13.1 Å². The lowest BCUT2D eigenvalue weighted by molar-refractivity contribution is 0.135. The molecule has 1 saturated heterocycles. The Morgan fingerprint density at radius 1 is 1.42 bits per heavy atom. The van der Waals surface area contributed by atoms with Gasteiger partial charge in [-0.1, -0.05) is 0 Å². The first-order valence-corrected chi connectivity index (χ1v) is 6.53. The molecule has 1 unspecified atom stereocenters. The van der Waals surface area contributed by atoms with Gasteiger partial charge in [0.15, 0.2) is 0 Å². The van der Waals surface area contributed by atoms with E-state index in [0.29, 0.717) is 24.3 Å². The van der Waals surface area contributed by atoms with Gasteiger partial charge in [-0.3, -0.25) is 0 Å². The Bertz CT molecular complexity index is 466. The molecular weight excluding hydrogens is 245 g/mol. The van der Waals surface area contributed by atoms with Crippen LogP contribution in [0.15, 0.2) is 18.2 Å². The van der Waals surface area contributed by atoms with Gasteiger partial charge in [-0.2, -0.15) is 5.26 Å². The summed E-state index contributed by atoms with van der Waals surface area (Å²) in [4.78, 5) is 2.21. The second-order valence-electron chi connectivity index (χ2n) is 4.85. The maximum Gasteiger partial charge on any atom is 0.147 e. The second kappa shape index (κ2) is 6.50. The maximum atomic E-state index is 13.6. The van der Waals surface area contributed by atoms with Crippen molar-refractivity contribution in [2.24, 2.45) is 0 Å². The number of anilines is 1. The molecule has 4 nitrogen and oxygen atoms in total. The number of hydrogen-bond acceptors (Lipinski definition) is 4. The van der Waals surface area contributed by atoms with E-state index in [4.69, 9.17) is 5.26 Å². The summed E-state index contributed by atoms with van der Waals surface area (Å²) in [5.74, 6) is -0.465. The van der Waals surface area contributed by atoms with Crippen LogP contribution in [0, 0.1) is 17.1 Å². The van der Waals surface area contributed by atoms with Crippen LogP contribution < -0.4 is 5.32 Å². The van der Waals surface area contributed by atoms with Gasteiger partial charge in [-0.25, -0.2) is 4.39 Å². The molecule has 102 valence electrons. The fourth-order valence-electron chi connectivity index (χ4n) is 2.28. The molecule has 0 spiro atoms. The lowest BCUT2D eigenvalue weighted by Crippen LogP contribution is -2.34. The van der Waals surface area contributed by atoms with Crippen molar-refractivity contribution in [3.8, 4) is 6.07 Å². The molecule has 0 bridgehead atoms. The molecule has 1 heterocycles. The molecular formula is C14H18FN3O. The highest BCUT2D eigenvalue weighted by atomic mass is 19.1. The molecule has 1 fully saturated rings. The number of halogens is 1. The number of nitrogens with one attached hydrogen (secondary N) is 1. The van der Waals surface area contributed by atoms with Crippen LogP contribution in [0.1, 0.15) is 18.4 Å². The van der Waals surface area contributed by atoms with Gasteiger partial charge in [0.25, 0.3) is 0 Å². The van der Waals surface area contributed by atoms with Gasteiger partial charge in [-0.05, 0) is 44.1 Å². The van der Waals surface area contributed by atoms with Gasteiger partial charge in [-0.15, -0.1) is 0 Å². The van der Waals surface area contributed by atoms with Crippen LogP contribution in [0.5, 0.6) is 0 Å². The number of nitriles is 1. The molecule has 0 amide bonds. The summed E-state index contributed by atoms with van der Waals surface area (Å²) >= 11 is 0. The van der Waals surface area contributed by atoms with E-state index in [1.165, 1.54) is 25.0 Å². The van der Waals surface area contributed by atoms with Crippen LogP contribution in [0.2, 0.25) is 0 Å². The van der Waals surface area contributed by atoms with Gasteiger partial charge >= 0.3 is 0 Å². The molecule has 0 aliphatic carbocycles. The molecule has 1 aromatic rings. The summed E-state index contributed by atoms with van der Waals surface area (Å²) in [5, 5.41) is 21.4. The van der Waals surface area contributed by atoms with Crippen molar-refractivity contribution in [3.63, 3.8) is 0 Å². The van der Waals surface area contributed by atoms with E-state index >= 15 is 0 Å². The first kappa shape index (κ1) is 13.8. The van der Waals surface area contributed by atoms with E-state index in [1.54, 1.807) is 6.07 Å². The summed E-state index contributed by atoms with van der Waals surface area (Å²) in [5.41, 5.74) is 0.611. The molecule has 1 atom stereocenters. The van der Waals surface area contributed by atoms with Crippen LogP contribution in [-0.2, 0) is 0 Å². The standard InChI is InChI=1S/C14H18FN3O/c15-13-7-11(8-16)3-4-14(13)17-9-12(19)10-18-5-1-2-6-18/h3-4,7,12,17,19H,1-2,5-6,9-10H2. The zero-order valence-corrected chi connectivity index (χ0v) is 10.8. The maximum absolute atomic E-state index is 13.6. The molecule has 1 aromatic carbocycles. The van der Waals surface area contributed by atoms with Crippen molar-refractivity contribution in [2.75, 3.05) is 31.5 Å². The lowest BCUT2D eigenvalue weighted by atomic mass is 10.2. The van der Waals surface area contributed by atoms with E-state index in [-0.39, 0.29) is 0 Å². The molecule has 0 radical (unpaired) electrons. The third-order valence-corrected chi connectivity index (χ3v) is 3.29. The summed E-state index contributed by atoms with van der Waals surface area (Å²) in [7, 11) is 0. The summed E-state index contributed by atoms with van der Waals surface area (Å²) < 4.78 is 13.6. The first-order chi connectivity index (χ1) is 9.19. The predicted molar refractivity (Wildman–Crippen MR) is 71.3 cm³/mol. The Balaban J connectivity index is 1.82. The third-order valence-electron chi connectivity index (χ3n) is 3.29. The quantitative estimate of drug-likeness (QED) is 0.846. The molecule has 2 rings (SSSR count). The number of aliphatic hydroxyl groups excluding tert-OH is 1. The average Bonchev–Trinajstić information content (AvgIpc) is 2.90. The minimum Gasteiger partial charge on any atom is -0.390 e. The number of hydrogen-bond donors (Lipinski definition) is 2. The summed E-state index contributed by atoms with van der Waals surface area (Å²) in [6, 6.07) is 6.15. The topological polar surface area (TPSA) is 59.3 Å². The van der Waals surface area contributed by atoms with Crippen LogP contribution in [0.25, 0.3) is 0 Å². The number of rotatable bonds is 5. The second-order valence-corrected chi connectivity index (χ2v) is 4.85. The SMILES string of the molecule is N#Cc1ccc(NCC(O)CN2CCCC2)c(F)c1. The number of β-amino-alcohol motifs (C(OH)–C–C–N with tert-alkyl or cyclic N) is 1. The summed E-state index contributed by atoms with van der Waals surface area (Å²) in [6.07, 6.45) is 1.85. The van der Waals surface area contributed by atoms with E-state index < -0.39 is 11.9 Å². The summed E-state index contributed by atoms with van der Waals surface area (Å²) in [6.45, 7) is 2.98. The lowest BCUT2D eigenvalue weighted by Gasteiger charge is -2.20. The van der Waals surface area contributed by atoms with Gasteiger partial charge in [0.1, 0.15) is 5.82 Å². The van der Waals surface area contributed by atoms with Crippen LogP contribution in [0.4, 0.5) is 10.1 Å². The minimum atomic E-state index is -0.520. The van der Waals surface area contributed by atoms with Gasteiger partial charge in [0.2, 0.25) is 0 Å². The normalized spacial score (nSPS) is 17.1. The number of aliphatic hydroxyl groups is 1. The fourth-order valence-corrected chi connectivity index (χ4v) is 2.28. The number of benzene rings is 1. The molecule has 5 heteroatoms. The van der Waals surface area contributed by atoms with E-state index in [1.807, 2.05) is 6.07 Å². The Morgan fingerprint density at radius 3 is 2.79 bits per heavy atom. The highest BCUT2D eigenvalue weighted by Gasteiger charge is 2.15. The Morgan fingerprint density at radius 2 is 2.16 bits per heavy atom. The Kier molecular flexibility index (Phi) is 4.72. The van der Waals surface area contributed by atoms with Crippen LogP contribution in [0.3, 0.4) is 0 Å².